The molecule has 0 fully saturated rings. The number of aryl methyl sites for hydroxylation is 1. The van der Waals surface area contributed by atoms with E-state index in [4.69, 9.17) is 9.98 Å². The quantitative estimate of drug-likeness (QED) is 0.0358. The van der Waals surface area contributed by atoms with Gasteiger partial charge in [-0.3, -0.25) is 4.99 Å². The predicted octanol–water partition coefficient (Wildman–Crippen LogP) is 29.3. The predicted molar refractivity (Wildman–Crippen MR) is 379 cm³/mol. The first-order chi connectivity index (χ1) is 41.2. The molecule has 0 aromatic heterocycles. The van der Waals surface area contributed by atoms with E-state index in [2.05, 4.69) is 101 Å². The van der Waals surface area contributed by atoms with Crippen molar-refractivity contribution in [2.75, 3.05) is 0 Å². The molecule has 2 aromatic carbocycles. The van der Waals surface area contributed by atoms with Crippen LogP contribution in [0.15, 0.2) is 76.7 Å². The number of allylic oxidation sites excluding steroid dienone is 3. The Balaban J connectivity index is 0.0000353. The van der Waals surface area contributed by atoms with Gasteiger partial charge in [0, 0.05) is 16.5 Å². The topological polar surface area (TPSA) is 24.7 Å². The molecule has 0 unspecified atom stereocenters. The monoisotopic (exact) mass is 1200 g/mol. The summed E-state index contributed by atoms with van der Waals surface area (Å²) < 4.78 is 0. The molecule has 0 aliphatic rings. The van der Waals surface area contributed by atoms with Gasteiger partial charge in [0.25, 0.3) is 0 Å². The standard InChI is InChI=1S/C81H142N2.Ni/c1-5-9-13-17-20-23-26-29-32-34-36-37-38-39-41-44-47-50-53-56-59-63-73-81(83-79-71-65-69-77(75-79)67-61-57-54-51-48-45-42-31-28-25-22-19-15-11-7-3)80(82-78-70-64-68-76(74-78)66-60-16-12-8-4)72-62-58-55-52-49-46-43-40-35-33-30-27-24-21-18-14-10-6-2;/h60,63-66,68-71,73-75H,5-59,61-62,67,72H2,1-4H3;/b66-60+,73-63+,82-80?,83-81?;. The minimum Gasteiger partial charge on any atom is -0.251 e. The number of rotatable bonds is 64. The zero-order valence-electron chi connectivity index (χ0n) is 56.9. The summed E-state index contributed by atoms with van der Waals surface area (Å²) in [5.74, 6) is 0. The van der Waals surface area contributed by atoms with Crippen LogP contribution in [0, 0.1) is 0 Å². The number of unbranched alkanes of at least 4 members (excludes halogenated alkanes) is 53. The van der Waals surface area contributed by atoms with Gasteiger partial charge in [-0.25, -0.2) is 4.99 Å². The first-order valence-corrected chi connectivity index (χ1v) is 37.9. The molecular formula is C81H142N2Ni. The van der Waals surface area contributed by atoms with E-state index in [1.54, 1.807) is 0 Å². The second kappa shape index (κ2) is 65.2. The Morgan fingerprint density at radius 2 is 0.631 bits per heavy atom. The van der Waals surface area contributed by atoms with Crippen LogP contribution in [0.25, 0.3) is 6.08 Å². The molecule has 0 N–H and O–H groups in total. The summed E-state index contributed by atoms with van der Waals surface area (Å²) in [4.78, 5) is 11.1. The Hall–Kier alpha value is -2.25. The largest absolute Gasteiger partial charge is 0.251 e. The van der Waals surface area contributed by atoms with Crippen molar-refractivity contribution >= 4 is 28.9 Å². The van der Waals surface area contributed by atoms with Crippen LogP contribution < -0.4 is 0 Å². The van der Waals surface area contributed by atoms with Crippen LogP contribution in [-0.2, 0) is 22.9 Å². The second-order valence-corrected chi connectivity index (χ2v) is 26.2. The average molecular weight is 1200 g/mol. The molecule has 3 heteroatoms. The van der Waals surface area contributed by atoms with Gasteiger partial charge in [-0.1, -0.05) is 404 Å². The van der Waals surface area contributed by atoms with Crippen molar-refractivity contribution in [1.82, 2.24) is 0 Å². The van der Waals surface area contributed by atoms with Gasteiger partial charge in [-0.05, 0) is 86.4 Å². The first kappa shape index (κ1) is 79.8. The van der Waals surface area contributed by atoms with Gasteiger partial charge in [0.2, 0.25) is 0 Å². The molecule has 0 aliphatic heterocycles. The number of hydrogen-bond acceptors (Lipinski definition) is 2. The van der Waals surface area contributed by atoms with Gasteiger partial charge >= 0.3 is 0 Å². The van der Waals surface area contributed by atoms with E-state index < -0.39 is 0 Å². The van der Waals surface area contributed by atoms with Crippen LogP contribution in [0.3, 0.4) is 0 Å². The summed E-state index contributed by atoms with van der Waals surface area (Å²) in [7, 11) is 0. The summed E-state index contributed by atoms with van der Waals surface area (Å²) in [6.07, 6.45) is 91.1. The van der Waals surface area contributed by atoms with E-state index in [0.29, 0.717) is 0 Å². The molecule has 0 bridgehead atoms. The fourth-order valence-corrected chi connectivity index (χ4v) is 12.4. The maximum atomic E-state index is 5.54. The van der Waals surface area contributed by atoms with Crippen LogP contribution in [0.1, 0.15) is 411 Å². The van der Waals surface area contributed by atoms with Crippen molar-refractivity contribution in [3.8, 4) is 0 Å². The minimum atomic E-state index is 0. The van der Waals surface area contributed by atoms with Gasteiger partial charge in [0.1, 0.15) is 0 Å². The van der Waals surface area contributed by atoms with Crippen LogP contribution in [0.2, 0.25) is 0 Å². The van der Waals surface area contributed by atoms with Gasteiger partial charge in [-0.15, -0.1) is 0 Å². The fourth-order valence-electron chi connectivity index (χ4n) is 12.4. The van der Waals surface area contributed by atoms with Crippen LogP contribution in [0.5, 0.6) is 0 Å². The van der Waals surface area contributed by atoms with Gasteiger partial charge in [0.05, 0.1) is 22.8 Å². The molecule has 486 valence electrons. The molecule has 2 rings (SSSR count). The summed E-state index contributed by atoms with van der Waals surface area (Å²) in [5, 5.41) is 0. The van der Waals surface area contributed by atoms with Crippen molar-refractivity contribution < 1.29 is 16.5 Å². The summed E-state index contributed by atoms with van der Waals surface area (Å²) in [6.45, 7) is 9.22. The van der Waals surface area contributed by atoms with Crippen molar-refractivity contribution in [3.05, 3.63) is 77.9 Å². The Labute approximate surface area is 536 Å². The molecule has 0 saturated carbocycles. The fraction of sp³-hybridized carbons (Fsp3) is 0.778. The summed E-state index contributed by atoms with van der Waals surface area (Å²) in [5.41, 5.74) is 7.03. The SMILES string of the molecule is CCCC/C=C/c1cccc(N=C(CCCCCCCCCCCCCCCCCCCC)C(/C=C/CCCCCCCCCCCCCCCCCCCCCC)=Nc2cccc(CCCCCCCCCCCCCCCCC)c2)c1.[Ni]. The zero-order valence-corrected chi connectivity index (χ0v) is 57.8. The minimum absolute atomic E-state index is 0. The molecule has 0 radical (unpaired) electrons. The van der Waals surface area contributed by atoms with Crippen LogP contribution in [0.4, 0.5) is 11.4 Å². The van der Waals surface area contributed by atoms with Gasteiger partial charge < -0.3 is 0 Å². The van der Waals surface area contributed by atoms with Crippen molar-refractivity contribution in [2.24, 2.45) is 9.98 Å². The van der Waals surface area contributed by atoms with Crippen molar-refractivity contribution in [1.29, 1.82) is 0 Å². The zero-order chi connectivity index (χ0) is 59.1. The number of aliphatic imine (C=N–C) groups is 2. The van der Waals surface area contributed by atoms with E-state index in [-0.39, 0.29) is 16.5 Å². The third kappa shape index (κ3) is 52.8. The maximum absolute atomic E-state index is 5.54. The van der Waals surface area contributed by atoms with E-state index >= 15 is 0 Å². The number of hydrogen-bond donors (Lipinski definition) is 0. The average Bonchev–Trinajstić information content (AvgIpc) is 3.59. The molecule has 2 nitrogen and oxygen atoms in total. The van der Waals surface area contributed by atoms with Crippen molar-refractivity contribution in [3.63, 3.8) is 0 Å². The molecule has 84 heavy (non-hydrogen) atoms. The maximum Gasteiger partial charge on any atom is 0.0848 e. The Morgan fingerprint density at radius 3 is 1.02 bits per heavy atom. The molecular weight excluding hydrogens is 1060 g/mol. The normalized spacial score (nSPS) is 12.2. The van der Waals surface area contributed by atoms with Gasteiger partial charge in [0.15, 0.2) is 0 Å². The van der Waals surface area contributed by atoms with Crippen LogP contribution in [-0.4, -0.2) is 11.4 Å². The summed E-state index contributed by atoms with van der Waals surface area (Å²) >= 11 is 0. The molecule has 0 amide bonds. The van der Waals surface area contributed by atoms with E-state index in [0.717, 1.165) is 48.5 Å². The Kier molecular flexibility index (Phi) is 61.9. The number of benzene rings is 2. The molecule has 0 saturated heterocycles. The Morgan fingerprint density at radius 1 is 0.310 bits per heavy atom. The third-order valence-corrected chi connectivity index (χ3v) is 18.0. The molecule has 0 heterocycles. The van der Waals surface area contributed by atoms with Crippen molar-refractivity contribution in [2.45, 2.75) is 407 Å². The second-order valence-electron chi connectivity index (χ2n) is 26.2. The molecule has 2 aromatic rings. The number of nitrogens with zero attached hydrogens (tertiary/aromatic N) is 2. The van der Waals surface area contributed by atoms with E-state index in [1.165, 1.54) is 364 Å². The van der Waals surface area contributed by atoms with E-state index in [1.807, 2.05) is 0 Å². The summed E-state index contributed by atoms with van der Waals surface area (Å²) in [6, 6.07) is 18.1. The van der Waals surface area contributed by atoms with E-state index in [9.17, 15) is 0 Å². The Bertz CT molecular complexity index is 1770. The molecule has 0 spiro atoms. The third-order valence-electron chi connectivity index (χ3n) is 18.0. The molecule has 0 aliphatic carbocycles. The molecule has 0 atom stereocenters. The van der Waals surface area contributed by atoms with Crippen LogP contribution >= 0.6 is 0 Å². The smallest absolute Gasteiger partial charge is 0.0848 e. The van der Waals surface area contributed by atoms with Gasteiger partial charge in [-0.2, -0.15) is 0 Å². The first-order valence-electron chi connectivity index (χ1n) is 37.9.